The molecule has 4 N–H and O–H groups in total. The van der Waals surface area contributed by atoms with Gasteiger partial charge in [-0.3, -0.25) is 10.1 Å². The molecule has 1 unspecified atom stereocenters. The molecule has 0 spiro atoms. The molecule has 2 amide bonds. The fourth-order valence-corrected chi connectivity index (χ4v) is 2.79. The van der Waals surface area contributed by atoms with Crippen LogP contribution < -0.4 is 16.4 Å². The molecule has 1 aliphatic rings. The van der Waals surface area contributed by atoms with Gasteiger partial charge in [0.25, 0.3) is 0 Å². The molecule has 0 fully saturated rings. The number of amides is 2. The molecule has 0 aliphatic carbocycles. The van der Waals surface area contributed by atoms with E-state index < -0.39 is 6.09 Å². The van der Waals surface area contributed by atoms with Crippen molar-refractivity contribution >= 4 is 23.4 Å². The molecule has 1 atom stereocenters. The van der Waals surface area contributed by atoms with Crippen molar-refractivity contribution in [2.45, 2.75) is 25.8 Å². The van der Waals surface area contributed by atoms with Crippen LogP contribution >= 0.6 is 0 Å². The second kappa shape index (κ2) is 7.96. The van der Waals surface area contributed by atoms with Gasteiger partial charge in [-0.15, -0.1) is 0 Å². The van der Waals surface area contributed by atoms with Crippen LogP contribution in [0.15, 0.2) is 36.4 Å². The number of benzene rings is 1. The molecular formula is C19H21N5O3. The van der Waals surface area contributed by atoms with Crippen molar-refractivity contribution in [3.63, 3.8) is 0 Å². The minimum absolute atomic E-state index is 0.178. The van der Waals surface area contributed by atoms with Gasteiger partial charge in [-0.25, -0.2) is 14.8 Å². The number of rotatable bonds is 1. The van der Waals surface area contributed by atoms with Crippen LogP contribution in [0.4, 0.5) is 16.2 Å². The summed E-state index contributed by atoms with van der Waals surface area (Å²) in [6.07, 6.45) is 3.86. The first-order valence-electron chi connectivity index (χ1n) is 8.51. The Morgan fingerprint density at radius 3 is 2.89 bits per heavy atom. The van der Waals surface area contributed by atoms with E-state index in [9.17, 15) is 9.59 Å². The lowest BCUT2D eigenvalue weighted by Gasteiger charge is -2.16. The topological polar surface area (TPSA) is 119 Å². The fraction of sp³-hybridized carbons (Fsp3) is 0.263. The summed E-state index contributed by atoms with van der Waals surface area (Å²) in [5.41, 5.74) is 9.35. The molecular weight excluding hydrogens is 346 g/mol. The number of carbonyl (C=O) groups excluding carboxylic acids is 2. The minimum Gasteiger partial charge on any atom is -0.453 e. The number of hydrogen-bond acceptors (Lipinski definition) is 6. The highest BCUT2D eigenvalue weighted by atomic mass is 16.5. The highest BCUT2D eigenvalue weighted by Gasteiger charge is 2.16. The molecule has 0 saturated carbocycles. The summed E-state index contributed by atoms with van der Waals surface area (Å²) in [5, 5.41) is 5.46. The number of carbonyl (C=O) groups is 2. The molecule has 8 nitrogen and oxygen atoms in total. The number of nitrogens with one attached hydrogen (secondary N) is 2. The number of nitrogens with two attached hydrogens (primary N) is 1. The smallest absolute Gasteiger partial charge is 0.411 e. The van der Waals surface area contributed by atoms with Crippen molar-refractivity contribution in [1.82, 2.24) is 9.97 Å². The number of anilines is 2. The van der Waals surface area contributed by atoms with Crippen molar-refractivity contribution in [2.24, 2.45) is 5.73 Å². The largest absolute Gasteiger partial charge is 0.453 e. The Balaban J connectivity index is 2.12. The number of hydrogen-bond donors (Lipinski definition) is 3. The Kier molecular flexibility index (Phi) is 5.46. The lowest BCUT2D eigenvalue weighted by molar-refractivity contribution is -0.115. The van der Waals surface area contributed by atoms with Gasteiger partial charge >= 0.3 is 6.09 Å². The summed E-state index contributed by atoms with van der Waals surface area (Å²) in [5.74, 6) is 0.413. The predicted octanol–water partition coefficient (Wildman–Crippen LogP) is 2.92. The van der Waals surface area contributed by atoms with Gasteiger partial charge in [-0.2, -0.15) is 0 Å². The Morgan fingerprint density at radius 2 is 2.11 bits per heavy atom. The first-order chi connectivity index (χ1) is 13.0. The van der Waals surface area contributed by atoms with Crippen LogP contribution in [0, 0.1) is 6.92 Å². The van der Waals surface area contributed by atoms with Crippen LogP contribution in [0.1, 0.15) is 30.4 Å². The number of fused-ring (bicyclic) bond motifs is 4. The van der Waals surface area contributed by atoms with E-state index >= 15 is 0 Å². The molecule has 2 aromatic rings. The molecule has 8 heteroatoms. The van der Waals surface area contributed by atoms with E-state index in [1.165, 1.54) is 7.11 Å². The third kappa shape index (κ3) is 4.48. The summed E-state index contributed by atoms with van der Waals surface area (Å²) < 4.78 is 4.61. The maximum absolute atomic E-state index is 12.3. The van der Waals surface area contributed by atoms with E-state index in [1.54, 1.807) is 31.2 Å². The summed E-state index contributed by atoms with van der Waals surface area (Å²) in [6, 6.07) is 6.69. The van der Waals surface area contributed by atoms with Gasteiger partial charge in [0, 0.05) is 17.7 Å². The monoisotopic (exact) mass is 367 g/mol. The average Bonchev–Trinajstić information content (AvgIpc) is 2.64. The zero-order chi connectivity index (χ0) is 19.4. The van der Waals surface area contributed by atoms with Crippen LogP contribution in [-0.2, 0) is 9.53 Å². The Labute approximate surface area is 156 Å². The van der Waals surface area contributed by atoms with Gasteiger partial charge in [-0.1, -0.05) is 12.2 Å². The first kappa shape index (κ1) is 18.5. The van der Waals surface area contributed by atoms with Gasteiger partial charge < -0.3 is 15.8 Å². The summed E-state index contributed by atoms with van der Waals surface area (Å²) in [4.78, 5) is 32.7. The van der Waals surface area contributed by atoms with Crippen molar-refractivity contribution < 1.29 is 14.3 Å². The highest BCUT2D eigenvalue weighted by Crippen LogP contribution is 2.31. The lowest BCUT2D eigenvalue weighted by atomic mass is 10.0. The van der Waals surface area contributed by atoms with Crippen molar-refractivity contribution in [1.29, 1.82) is 0 Å². The average molecular weight is 367 g/mol. The first-order valence-corrected chi connectivity index (χ1v) is 8.51. The Hall–Kier alpha value is -3.26. The molecule has 1 aromatic carbocycles. The van der Waals surface area contributed by atoms with E-state index in [1.807, 2.05) is 12.1 Å². The maximum atomic E-state index is 12.3. The highest BCUT2D eigenvalue weighted by molar-refractivity contribution is 5.97. The zero-order valence-corrected chi connectivity index (χ0v) is 15.2. The number of aromatic nitrogens is 2. The SMILES string of the molecule is COC(=O)Nc1ccc2c(c1)NC(=O)C/C=C\CC(N)c1cc-2nc(C)n1. The molecule has 2 bridgehead atoms. The van der Waals surface area contributed by atoms with E-state index in [4.69, 9.17) is 5.73 Å². The molecule has 1 aliphatic heterocycles. The molecule has 0 radical (unpaired) electrons. The van der Waals surface area contributed by atoms with Gasteiger partial charge in [0.05, 0.1) is 30.2 Å². The van der Waals surface area contributed by atoms with Crippen LogP contribution in [0.3, 0.4) is 0 Å². The van der Waals surface area contributed by atoms with Crippen molar-refractivity contribution in [3.05, 3.63) is 47.9 Å². The number of ether oxygens (including phenoxy) is 1. The Morgan fingerprint density at radius 1 is 1.30 bits per heavy atom. The van der Waals surface area contributed by atoms with E-state index in [0.29, 0.717) is 34.9 Å². The number of aryl methyl sites for hydroxylation is 1. The van der Waals surface area contributed by atoms with E-state index in [-0.39, 0.29) is 18.4 Å². The fourth-order valence-electron chi connectivity index (χ4n) is 2.79. The number of nitrogens with zero attached hydrogens (tertiary/aromatic N) is 2. The Bertz CT molecular complexity index is 910. The second-order valence-corrected chi connectivity index (χ2v) is 6.17. The van der Waals surface area contributed by atoms with E-state index in [2.05, 4.69) is 25.3 Å². The van der Waals surface area contributed by atoms with E-state index in [0.717, 1.165) is 5.69 Å². The van der Waals surface area contributed by atoms with Gasteiger partial charge in [0.2, 0.25) is 5.91 Å². The summed E-state index contributed by atoms with van der Waals surface area (Å²) in [7, 11) is 1.28. The van der Waals surface area contributed by atoms with Gasteiger partial charge in [-0.05, 0) is 37.6 Å². The van der Waals surface area contributed by atoms with Gasteiger partial charge in [0.1, 0.15) is 5.82 Å². The van der Waals surface area contributed by atoms with Gasteiger partial charge in [0.15, 0.2) is 0 Å². The molecule has 1 aromatic heterocycles. The standard InChI is InChI=1S/C19H21N5O3/c1-11-21-16-10-17(22-11)14(20)5-3-4-6-18(25)24-15-9-12(7-8-13(15)16)23-19(26)27-2/h3-4,7-10,14H,5-6,20H2,1-2H3,(H,23,26)(H,24,25)/b4-3-. The molecule has 27 heavy (non-hydrogen) atoms. The lowest BCUT2D eigenvalue weighted by Crippen LogP contribution is -2.16. The van der Waals surface area contributed by atoms with Crippen molar-refractivity contribution in [3.8, 4) is 11.3 Å². The molecule has 2 heterocycles. The summed E-state index contributed by atoms with van der Waals surface area (Å²) in [6.45, 7) is 1.80. The zero-order valence-electron chi connectivity index (χ0n) is 15.2. The number of methoxy groups -OCH3 is 1. The van der Waals surface area contributed by atoms with Crippen molar-refractivity contribution in [2.75, 3.05) is 17.7 Å². The third-order valence-electron chi connectivity index (χ3n) is 4.10. The maximum Gasteiger partial charge on any atom is 0.411 e. The van der Waals surface area contributed by atoms with Crippen LogP contribution in [0.2, 0.25) is 0 Å². The normalized spacial score (nSPS) is 17.6. The molecule has 3 rings (SSSR count). The van der Waals surface area contributed by atoms with Crippen LogP contribution in [-0.4, -0.2) is 29.1 Å². The third-order valence-corrected chi connectivity index (χ3v) is 4.10. The minimum atomic E-state index is -0.594. The van der Waals surface area contributed by atoms with Crippen LogP contribution in [0.5, 0.6) is 0 Å². The quantitative estimate of drug-likeness (QED) is 0.667. The second-order valence-electron chi connectivity index (χ2n) is 6.17. The van der Waals surface area contributed by atoms with Crippen LogP contribution in [0.25, 0.3) is 11.3 Å². The molecule has 140 valence electrons. The molecule has 0 saturated heterocycles. The predicted molar refractivity (Wildman–Crippen MR) is 102 cm³/mol. The summed E-state index contributed by atoms with van der Waals surface area (Å²) >= 11 is 0.